The highest BCUT2D eigenvalue weighted by molar-refractivity contribution is 5.79. The van der Waals surface area contributed by atoms with Gasteiger partial charge in [-0.2, -0.15) is 0 Å². The summed E-state index contributed by atoms with van der Waals surface area (Å²) in [5.74, 6) is 0.839. The fraction of sp³-hybridized carbons (Fsp3) is 0.364. The second-order valence-electron chi connectivity index (χ2n) is 7.76. The maximum absolute atomic E-state index is 13.3. The Bertz CT molecular complexity index is 1290. The number of carbonyl (C=O) groups is 1. The van der Waals surface area contributed by atoms with E-state index < -0.39 is 11.2 Å². The molecule has 2 aromatic heterocycles. The van der Waals surface area contributed by atoms with Gasteiger partial charge in [0.05, 0.1) is 18.2 Å². The van der Waals surface area contributed by atoms with Gasteiger partial charge in [-0.05, 0) is 42.7 Å². The maximum Gasteiger partial charge on any atom is 0.332 e. The van der Waals surface area contributed by atoms with Crippen LogP contribution in [0.15, 0.2) is 46.1 Å². The van der Waals surface area contributed by atoms with Gasteiger partial charge in [0.2, 0.25) is 12.7 Å². The molecule has 1 amide bonds. The highest BCUT2D eigenvalue weighted by Gasteiger charge is 2.20. The Hall–Kier alpha value is -3.66. The molecule has 1 saturated heterocycles. The van der Waals surface area contributed by atoms with Crippen LogP contribution in [0.4, 0.5) is 0 Å². The first-order chi connectivity index (χ1) is 15.6. The Labute approximate surface area is 182 Å². The minimum atomic E-state index is -0.583. The number of carbonyl (C=O) groups excluding carboxylic acids is 1. The number of hydrogen-bond donors (Lipinski definition) is 1. The summed E-state index contributed by atoms with van der Waals surface area (Å²) in [5, 5.41) is 2.82. The molecule has 2 aliphatic heterocycles. The van der Waals surface area contributed by atoms with Gasteiger partial charge < -0.3 is 19.5 Å². The number of nitrogens with one attached hydrogen (secondary N) is 1. The minimum Gasteiger partial charge on any atom is -0.454 e. The number of hydrogen-bond acceptors (Lipinski definition) is 7. The molecule has 1 N–H and O–H groups in total. The molecule has 32 heavy (non-hydrogen) atoms. The molecule has 5 rings (SSSR count). The number of aromatic nitrogens is 3. The van der Waals surface area contributed by atoms with E-state index in [0.717, 1.165) is 17.4 Å². The smallest absolute Gasteiger partial charge is 0.332 e. The van der Waals surface area contributed by atoms with Crippen LogP contribution in [-0.2, 0) is 22.6 Å². The van der Waals surface area contributed by atoms with Crippen LogP contribution in [0.5, 0.6) is 11.5 Å². The molecule has 4 heterocycles. The van der Waals surface area contributed by atoms with Crippen LogP contribution in [0.25, 0.3) is 11.0 Å². The molecule has 3 aromatic rings. The Morgan fingerprint density at radius 2 is 2.03 bits per heavy atom. The topological polar surface area (TPSA) is 114 Å². The van der Waals surface area contributed by atoms with Crippen LogP contribution in [0, 0.1) is 0 Å². The SMILES string of the molecule is O=C(Cn1c(=O)n(Cc2ccc3c(c2)OCO3)c(=O)c2ncccc21)NC[C@@H]1CCCO1. The summed E-state index contributed by atoms with van der Waals surface area (Å²) < 4.78 is 18.6. The van der Waals surface area contributed by atoms with Gasteiger partial charge in [0, 0.05) is 19.3 Å². The Kier molecular flexibility index (Phi) is 5.36. The van der Waals surface area contributed by atoms with Crippen molar-refractivity contribution in [3.63, 3.8) is 0 Å². The van der Waals surface area contributed by atoms with Crippen LogP contribution >= 0.6 is 0 Å². The molecular formula is C22H22N4O6. The zero-order valence-electron chi connectivity index (χ0n) is 17.3. The molecule has 1 fully saturated rings. The lowest BCUT2D eigenvalue weighted by Crippen LogP contribution is -2.43. The van der Waals surface area contributed by atoms with Crippen molar-refractivity contribution < 1.29 is 19.0 Å². The second-order valence-corrected chi connectivity index (χ2v) is 7.76. The Morgan fingerprint density at radius 3 is 2.88 bits per heavy atom. The first-order valence-corrected chi connectivity index (χ1v) is 10.5. The standard InChI is InChI=1S/C22H22N4O6/c27-19(24-10-15-3-2-8-30-15)12-25-16-4-1-7-23-20(16)21(28)26(22(25)29)11-14-5-6-17-18(9-14)32-13-31-17/h1,4-7,9,15H,2-3,8,10-13H2,(H,24,27)/t15-/m0/s1. The molecule has 1 aromatic carbocycles. The molecular weight excluding hydrogens is 416 g/mol. The lowest BCUT2D eigenvalue weighted by molar-refractivity contribution is -0.122. The van der Waals surface area contributed by atoms with E-state index in [0.29, 0.717) is 35.7 Å². The van der Waals surface area contributed by atoms with Gasteiger partial charge >= 0.3 is 5.69 Å². The largest absolute Gasteiger partial charge is 0.454 e. The lowest BCUT2D eigenvalue weighted by atomic mass is 10.2. The highest BCUT2D eigenvalue weighted by atomic mass is 16.7. The molecule has 2 aliphatic rings. The van der Waals surface area contributed by atoms with E-state index in [1.54, 1.807) is 30.3 Å². The number of ether oxygens (including phenoxy) is 3. The van der Waals surface area contributed by atoms with Crippen molar-refractivity contribution in [1.29, 1.82) is 0 Å². The number of benzene rings is 1. The molecule has 1 atom stereocenters. The third kappa shape index (κ3) is 3.84. The lowest BCUT2D eigenvalue weighted by Gasteiger charge is -2.15. The van der Waals surface area contributed by atoms with E-state index in [1.165, 1.54) is 10.8 Å². The number of pyridine rings is 1. The van der Waals surface area contributed by atoms with Gasteiger partial charge in [0.15, 0.2) is 17.0 Å². The van der Waals surface area contributed by atoms with Crippen LogP contribution in [0.2, 0.25) is 0 Å². The minimum absolute atomic E-state index is 0.00551. The van der Waals surface area contributed by atoms with Gasteiger partial charge in [-0.25, -0.2) is 9.78 Å². The Balaban J connectivity index is 1.47. The molecule has 10 heteroatoms. The summed E-state index contributed by atoms with van der Waals surface area (Å²) in [7, 11) is 0. The first-order valence-electron chi connectivity index (χ1n) is 10.5. The fourth-order valence-electron chi connectivity index (χ4n) is 3.99. The van der Waals surface area contributed by atoms with Crippen molar-refractivity contribution in [2.24, 2.45) is 0 Å². The van der Waals surface area contributed by atoms with Gasteiger partial charge in [-0.3, -0.25) is 18.7 Å². The maximum atomic E-state index is 13.3. The van der Waals surface area contributed by atoms with Gasteiger partial charge in [0.1, 0.15) is 6.54 Å². The summed E-state index contributed by atoms with van der Waals surface area (Å²) in [4.78, 5) is 43.1. The molecule has 0 unspecified atom stereocenters. The number of rotatable bonds is 6. The van der Waals surface area contributed by atoms with Crippen molar-refractivity contribution >= 4 is 16.9 Å². The van der Waals surface area contributed by atoms with Gasteiger partial charge in [0.25, 0.3) is 5.56 Å². The van der Waals surface area contributed by atoms with Crippen LogP contribution in [-0.4, -0.2) is 46.1 Å². The highest BCUT2D eigenvalue weighted by Crippen LogP contribution is 2.32. The van der Waals surface area contributed by atoms with E-state index in [1.807, 2.05) is 0 Å². The Morgan fingerprint density at radius 1 is 1.16 bits per heavy atom. The van der Waals surface area contributed by atoms with Crippen molar-refractivity contribution in [1.82, 2.24) is 19.4 Å². The monoisotopic (exact) mass is 438 g/mol. The van der Waals surface area contributed by atoms with Crippen LogP contribution < -0.4 is 26.0 Å². The molecule has 0 spiro atoms. The molecule has 0 bridgehead atoms. The zero-order chi connectivity index (χ0) is 22.1. The first kappa shape index (κ1) is 20.3. The third-order valence-corrected chi connectivity index (χ3v) is 5.62. The summed E-state index contributed by atoms with van der Waals surface area (Å²) >= 11 is 0. The predicted octanol–water partition coefficient (Wildman–Crippen LogP) is 0.630. The van der Waals surface area contributed by atoms with E-state index in [2.05, 4.69) is 10.3 Å². The molecule has 0 radical (unpaired) electrons. The molecule has 10 nitrogen and oxygen atoms in total. The van der Waals surface area contributed by atoms with E-state index >= 15 is 0 Å². The normalized spacial score (nSPS) is 17.1. The summed E-state index contributed by atoms with van der Waals surface area (Å²) in [6.07, 6.45) is 3.35. The third-order valence-electron chi connectivity index (χ3n) is 5.62. The molecule has 166 valence electrons. The average molecular weight is 438 g/mol. The number of nitrogens with zero attached hydrogens (tertiary/aromatic N) is 3. The second kappa shape index (κ2) is 8.46. The van der Waals surface area contributed by atoms with E-state index in [-0.39, 0.29) is 37.4 Å². The average Bonchev–Trinajstić information content (AvgIpc) is 3.50. The van der Waals surface area contributed by atoms with Crippen LogP contribution in [0.1, 0.15) is 18.4 Å². The summed E-state index contributed by atoms with van der Waals surface area (Å²) in [6, 6.07) is 8.47. The van der Waals surface area contributed by atoms with Gasteiger partial charge in [-0.1, -0.05) is 6.07 Å². The van der Waals surface area contributed by atoms with Crippen LogP contribution in [0.3, 0.4) is 0 Å². The van der Waals surface area contributed by atoms with E-state index in [4.69, 9.17) is 14.2 Å². The fourth-order valence-corrected chi connectivity index (χ4v) is 3.99. The van der Waals surface area contributed by atoms with E-state index in [9.17, 15) is 14.4 Å². The quantitative estimate of drug-likeness (QED) is 0.601. The van der Waals surface area contributed by atoms with Crippen molar-refractivity contribution in [3.05, 3.63) is 62.9 Å². The predicted molar refractivity (Wildman–Crippen MR) is 114 cm³/mol. The van der Waals surface area contributed by atoms with Gasteiger partial charge in [-0.15, -0.1) is 0 Å². The molecule has 0 aliphatic carbocycles. The zero-order valence-corrected chi connectivity index (χ0v) is 17.3. The van der Waals surface area contributed by atoms with Crippen molar-refractivity contribution in [3.8, 4) is 11.5 Å². The molecule has 0 saturated carbocycles. The summed E-state index contributed by atoms with van der Waals surface area (Å²) in [6.45, 7) is 1.00. The van der Waals surface area contributed by atoms with Crippen molar-refractivity contribution in [2.75, 3.05) is 19.9 Å². The number of amides is 1. The number of fused-ring (bicyclic) bond motifs is 2. The summed E-state index contributed by atoms with van der Waals surface area (Å²) in [5.41, 5.74) is 0.0364. The van der Waals surface area contributed by atoms with Crippen molar-refractivity contribution in [2.45, 2.75) is 32.0 Å².